The zero-order valence-corrected chi connectivity index (χ0v) is 12.8. The Kier molecular flexibility index (Phi) is 3.69. The van der Waals surface area contributed by atoms with Crippen molar-refractivity contribution in [1.29, 1.82) is 0 Å². The molecule has 2 rings (SSSR count). The van der Waals surface area contributed by atoms with Crippen LogP contribution >= 0.6 is 0 Å². The molecule has 0 aromatic heterocycles. The largest absolute Gasteiger partial charge is 0.468 e. The quantitative estimate of drug-likeness (QED) is 0.443. The molecule has 0 aromatic carbocycles. The van der Waals surface area contributed by atoms with Crippen LogP contribution in [0.4, 0.5) is 0 Å². The minimum atomic E-state index is -1.18. The van der Waals surface area contributed by atoms with E-state index in [9.17, 15) is 9.59 Å². The van der Waals surface area contributed by atoms with Gasteiger partial charge in [0.05, 0.1) is 14.2 Å². The maximum Gasteiger partial charge on any atom is 0.323 e. The van der Waals surface area contributed by atoms with Crippen molar-refractivity contribution < 1.29 is 19.1 Å². The predicted molar refractivity (Wildman–Crippen MR) is 74.8 cm³/mol. The molecule has 0 N–H and O–H groups in total. The summed E-state index contributed by atoms with van der Waals surface area (Å²) < 4.78 is 9.86. The first-order chi connectivity index (χ1) is 9.28. The smallest absolute Gasteiger partial charge is 0.323 e. The number of rotatable bonds is 2. The number of methoxy groups -OCH3 is 2. The lowest BCUT2D eigenvalue weighted by Gasteiger charge is -2.41. The fraction of sp³-hybridized carbons (Fsp3) is 0.750. The van der Waals surface area contributed by atoms with Gasteiger partial charge in [0, 0.05) is 0 Å². The van der Waals surface area contributed by atoms with Gasteiger partial charge in [-0.1, -0.05) is 26.0 Å². The van der Waals surface area contributed by atoms with Gasteiger partial charge in [-0.3, -0.25) is 9.59 Å². The molecule has 20 heavy (non-hydrogen) atoms. The van der Waals surface area contributed by atoms with Gasteiger partial charge < -0.3 is 9.47 Å². The molecule has 0 spiro atoms. The average Bonchev–Trinajstić information content (AvgIpc) is 2.69. The van der Waals surface area contributed by atoms with Gasteiger partial charge in [0.1, 0.15) is 0 Å². The summed E-state index contributed by atoms with van der Waals surface area (Å²) in [5, 5.41) is 0. The Labute approximate surface area is 120 Å². The molecule has 0 aromatic rings. The van der Waals surface area contributed by atoms with Crippen LogP contribution in [0, 0.1) is 22.7 Å². The van der Waals surface area contributed by atoms with Crippen molar-refractivity contribution in [1.82, 2.24) is 0 Å². The van der Waals surface area contributed by atoms with Crippen LogP contribution in [0.15, 0.2) is 12.2 Å². The molecule has 4 nitrogen and oxygen atoms in total. The Bertz CT molecular complexity index is 433. The van der Waals surface area contributed by atoms with Crippen molar-refractivity contribution in [3.05, 3.63) is 12.2 Å². The lowest BCUT2D eigenvalue weighted by molar-refractivity contribution is -0.174. The molecule has 2 fully saturated rings. The number of allylic oxidation sites excluding steroid dienone is 1. The number of fused-ring (bicyclic) bond motifs is 1. The molecular weight excluding hydrogens is 256 g/mol. The SMILES string of the molecule is C=C1CC(C(=O)OC)(C(=O)OC)[C@H]2CCC(C)(C)C[C@@H]12. The van der Waals surface area contributed by atoms with Crippen LogP contribution in [-0.4, -0.2) is 26.2 Å². The van der Waals surface area contributed by atoms with E-state index >= 15 is 0 Å². The molecule has 0 saturated heterocycles. The highest BCUT2D eigenvalue weighted by atomic mass is 16.5. The monoisotopic (exact) mass is 280 g/mol. The van der Waals surface area contributed by atoms with Gasteiger partial charge in [0.15, 0.2) is 5.41 Å². The van der Waals surface area contributed by atoms with Crippen molar-refractivity contribution in [3.63, 3.8) is 0 Å². The fourth-order valence-corrected chi connectivity index (χ4v) is 4.12. The van der Waals surface area contributed by atoms with Crippen molar-refractivity contribution in [2.24, 2.45) is 22.7 Å². The van der Waals surface area contributed by atoms with Crippen LogP contribution in [-0.2, 0) is 19.1 Å². The highest BCUT2D eigenvalue weighted by Gasteiger charge is 2.63. The van der Waals surface area contributed by atoms with E-state index in [1.54, 1.807) is 0 Å². The van der Waals surface area contributed by atoms with Crippen molar-refractivity contribution >= 4 is 11.9 Å². The molecule has 0 amide bonds. The lowest BCUT2D eigenvalue weighted by Crippen LogP contribution is -2.47. The number of ether oxygens (including phenoxy) is 2. The molecule has 4 heteroatoms. The third kappa shape index (κ3) is 2.05. The summed E-state index contributed by atoms with van der Waals surface area (Å²) >= 11 is 0. The highest BCUT2D eigenvalue weighted by Crippen LogP contribution is 2.59. The van der Waals surface area contributed by atoms with Crippen LogP contribution in [0.1, 0.15) is 39.5 Å². The number of carbonyl (C=O) groups is 2. The summed E-state index contributed by atoms with van der Waals surface area (Å²) in [5.41, 5.74) is 0.0346. The number of hydrogen-bond donors (Lipinski definition) is 0. The normalized spacial score (nSPS) is 30.5. The Morgan fingerprint density at radius 3 is 2.25 bits per heavy atom. The van der Waals surface area contributed by atoms with Gasteiger partial charge in [-0.2, -0.15) is 0 Å². The lowest BCUT2D eigenvalue weighted by atomic mass is 9.62. The van der Waals surface area contributed by atoms with Crippen molar-refractivity contribution in [2.45, 2.75) is 39.5 Å². The Balaban J connectivity index is 2.43. The zero-order valence-electron chi connectivity index (χ0n) is 12.8. The van der Waals surface area contributed by atoms with Gasteiger partial charge in [-0.25, -0.2) is 0 Å². The van der Waals surface area contributed by atoms with E-state index in [0.717, 1.165) is 24.8 Å². The molecule has 2 atom stereocenters. The second-order valence-corrected chi connectivity index (χ2v) is 6.91. The summed E-state index contributed by atoms with van der Waals surface area (Å²) in [6.45, 7) is 8.58. The first kappa shape index (κ1) is 15.1. The third-order valence-corrected chi connectivity index (χ3v) is 5.15. The van der Waals surface area contributed by atoms with Gasteiger partial charge in [-0.05, 0) is 42.9 Å². The van der Waals surface area contributed by atoms with Crippen LogP contribution < -0.4 is 0 Å². The minimum absolute atomic E-state index is 0.0390. The molecule has 112 valence electrons. The van der Waals surface area contributed by atoms with Gasteiger partial charge >= 0.3 is 11.9 Å². The predicted octanol–water partition coefficient (Wildman–Crippen LogP) is 2.72. The standard InChI is InChI=1S/C16H24O4/c1-10-8-16(13(17)19-4,14(18)20-5)12-6-7-15(2,3)9-11(10)12/h11-12H,1,6-9H2,2-5H3/t11-,12-/m0/s1. The highest BCUT2D eigenvalue weighted by molar-refractivity contribution is 6.01. The molecule has 0 bridgehead atoms. The van der Waals surface area contributed by atoms with E-state index in [1.165, 1.54) is 14.2 Å². The number of esters is 2. The van der Waals surface area contributed by atoms with E-state index in [1.807, 2.05) is 0 Å². The second-order valence-electron chi connectivity index (χ2n) is 6.91. The molecule has 2 aliphatic carbocycles. The molecule has 0 heterocycles. The zero-order chi connectivity index (χ0) is 15.1. The molecule has 0 unspecified atom stereocenters. The summed E-state index contributed by atoms with van der Waals surface area (Å²) in [4.78, 5) is 24.7. The van der Waals surface area contributed by atoms with Crippen LogP contribution in [0.25, 0.3) is 0 Å². The van der Waals surface area contributed by atoms with Crippen molar-refractivity contribution in [3.8, 4) is 0 Å². The molecule has 0 aliphatic heterocycles. The van der Waals surface area contributed by atoms with Crippen LogP contribution in [0.3, 0.4) is 0 Å². The molecule has 2 saturated carbocycles. The van der Waals surface area contributed by atoms with Gasteiger partial charge in [0.2, 0.25) is 0 Å². The maximum atomic E-state index is 12.3. The van der Waals surface area contributed by atoms with E-state index in [0.29, 0.717) is 6.42 Å². The summed E-state index contributed by atoms with van der Waals surface area (Å²) in [7, 11) is 2.66. The number of carbonyl (C=O) groups excluding carboxylic acids is 2. The van der Waals surface area contributed by atoms with E-state index in [-0.39, 0.29) is 17.3 Å². The van der Waals surface area contributed by atoms with E-state index < -0.39 is 17.4 Å². The van der Waals surface area contributed by atoms with Crippen LogP contribution in [0.5, 0.6) is 0 Å². The molecule has 2 aliphatic rings. The Morgan fingerprint density at radius 1 is 1.20 bits per heavy atom. The topological polar surface area (TPSA) is 52.6 Å². The summed E-state index contributed by atoms with van der Waals surface area (Å²) in [6, 6.07) is 0. The number of hydrogen-bond acceptors (Lipinski definition) is 4. The Hall–Kier alpha value is -1.32. The minimum Gasteiger partial charge on any atom is -0.468 e. The molecular formula is C16H24O4. The van der Waals surface area contributed by atoms with Crippen molar-refractivity contribution in [2.75, 3.05) is 14.2 Å². The summed E-state index contributed by atoms with van der Waals surface area (Å²) in [6.07, 6.45) is 3.15. The van der Waals surface area contributed by atoms with E-state index in [4.69, 9.17) is 9.47 Å². The Morgan fingerprint density at radius 2 is 1.75 bits per heavy atom. The third-order valence-electron chi connectivity index (χ3n) is 5.15. The first-order valence-electron chi connectivity index (χ1n) is 7.13. The fourth-order valence-electron chi connectivity index (χ4n) is 4.12. The first-order valence-corrected chi connectivity index (χ1v) is 7.13. The van der Waals surface area contributed by atoms with Gasteiger partial charge in [-0.15, -0.1) is 0 Å². The van der Waals surface area contributed by atoms with E-state index in [2.05, 4.69) is 20.4 Å². The second kappa shape index (κ2) is 4.90. The summed E-state index contributed by atoms with van der Waals surface area (Å²) in [5.74, 6) is -0.782. The van der Waals surface area contributed by atoms with Crippen LogP contribution in [0.2, 0.25) is 0 Å². The molecule has 0 radical (unpaired) electrons. The van der Waals surface area contributed by atoms with Gasteiger partial charge in [0.25, 0.3) is 0 Å². The average molecular weight is 280 g/mol. The maximum absolute atomic E-state index is 12.3.